The van der Waals surface area contributed by atoms with E-state index in [1.165, 1.54) is 16.7 Å². The summed E-state index contributed by atoms with van der Waals surface area (Å²) in [6.07, 6.45) is 0.695. The number of amides is 2. The zero-order valence-electron chi connectivity index (χ0n) is 22.6. The minimum Gasteiger partial charge on any atom is -0.585 e. The van der Waals surface area contributed by atoms with Crippen molar-refractivity contribution in [1.29, 1.82) is 0 Å². The van der Waals surface area contributed by atoms with Crippen LogP contribution in [0.25, 0.3) is 16.4 Å². The predicted octanol–water partition coefficient (Wildman–Crippen LogP) is 3.69. The molecule has 38 heavy (non-hydrogen) atoms. The summed E-state index contributed by atoms with van der Waals surface area (Å²) >= 11 is 0.986. The van der Waals surface area contributed by atoms with E-state index < -0.39 is 10.5 Å². The topological polar surface area (TPSA) is 86.9 Å². The third-order valence-corrected chi connectivity index (χ3v) is 7.43. The van der Waals surface area contributed by atoms with E-state index in [4.69, 9.17) is 9.47 Å². The number of aliphatic hydroxyl groups excluding tert-OH is 1. The number of aryl methyl sites for hydroxylation is 2. The van der Waals surface area contributed by atoms with E-state index in [1.807, 2.05) is 24.3 Å². The molecule has 194 valence electrons. The van der Waals surface area contributed by atoms with Crippen LogP contribution in [-0.4, -0.2) is 34.2 Å². The number of carbonyl (C=O) groups excluding carboxylic acids is 2. The minimum absolute atomic E-state index is 0. The summed E-state index contributed by atoms with van der Waals surface area (Å²) in [4.78, 5) is 23.1. The van der Waals surface area contributed by atoms with Crippen LogP contribution < -0.4 is 39.0 Å². The van der Waals surface area contributed by atoms with Gasteiger partial charge >= 0.3 is 29.6 Å². The average molecular weight is 542 g/mol. The van der Waals surface area contributed by atoms with Crippen molar-refractivity contribution < 1.29 is 53.7 Å². The summed E-state index contributed by atoms with van der Waals surface area (Å²) < 4.78 is 11.9. The van der Waals surface area contributed by atoms with Gasteiger partial charge in [0, 0.05) is 6.42 Å². The maximum atomic E-state index is 11.8. The predicted molar refractivity (Wildman–Crippen MR) is 148 cm³/mol. The molecule has 3 aromatic carbocycles. The first-order valence-corrected chi connectivity index (χ1v) is 13.3. The molecule has 0 bridgehead atoms. The minimum atomic E-state index is -0.429. The van der Waals surface area contributed by atoms with Crippen LogP contribution in [0.2, 0.25) is 0 Å². The van der Waals surface area contributed by atoms with Crippen LogP contribution in [0.3, 0.4) is 0 Å². The van der Waals surface area contributed by atoms with Crippen LogP contribution >= 0.6 is 11.8 Å². The van der Waals surface area contributed by atoms with E-state index >= 15 is 0 Å². The summed E-state index contributed by atoms with van der Waals surface area (Å²) in [5.74, 6) is 1.21. The first kappa shape index (κ1) is 30.3. The Morgan fingerprint density at radius 1 is 0.974 bits per heavy atom. The van der Waals surface area contributed by atoms with Gasteiger partial charge in [-0.25, -0.2) is 0 Å². The van der Waals surface area contributed by atoms with Gasteiger partial charge in [0.2, 0.25) is 0 Å². The molecule has 0 aromatic heterocycles. The van der Waals surface area contributed by atoms with Crippen molar-refractivity contribution in [2.24, 2.45) is 0 Å². The first-order chi connectivity index (χ1) is 17.7. The van der Waals surface area contributed by atoms with Gasteiger partial charge in [0.1, 0.15) is 23.3 Å². The molecular formula is C30H32NNaO5S. The number of thioether (sulfide) groups is 1. The molecule has 1 N–H and O–H groups in total. The maximum Gasteiger partial charge on any atom is 1.00 e. The number of benzene rings is 3. The monoisotopic (exact) mass is 541 g/mol. The second kappa shape index (κ2) is 13.7. The molecule has 8 heteroatoms. The molecule has 6 nitrogen and oxygen atoms in total. The van der Waals surface area contributed by atoms with E-state index in [1.54, 1.807) is 6.92 Å². The van der Waals surface area contributed by atoms with Crippen LogP contribution in [0.5, 0.6) is 11.5 Å². The Morgan fingerprint density at radius 3 is 2.26 bits per heavy atom. The number of nitrogens with zero attached hydrogens (tertiary/aromatic N) is 1. The number of hydrogen-bond donors (Lipinski definition) is 1. The Balaban J connectivity index is 0.00000400. The first-order valence-electron chi connectivity index (χ1n) is 12.4. The summed E-state index contributed by atoms with van der Waals surface area (Å²) in [6, 6.07) is 18.0. The van der Waals surface area contributed by atoms with Gasteiger partial charge < -0.3 is 29.5 Å². The van der Waals surface area contributed by atoms with Crippen LogP contribution in [0.1, 0.15) is 41.2 Å². The quantitative estimate of drug-likeness (QED) is 0.394. The second-order valence-electron chi connectivity index (χ2n) is 9.47. The van der Waals surface area contributed by atoms with E-state index in [2.05, 4.69) is 56.4 Å². The smallest absolute Gasteiger partial charge is 0.585 e. The van der Waals surface area contributed by atoms with Crippen molar-refractivity contribution in [1.82, 2.24) is 0 Å². The molecule has 0 saturated carbocycles. The van der Waals surface area contributed by atoms with Crippen LogP contribution in [0.4, 0.5) is 4.79 Å². The Labute approximate surface area is 250 Å². The number of hydrogen-bond acceptors (Lipinski definition) is 6. The largest absolute Gasteiger partial charge is 1.00 e. The van der Waals surface area contributed by atoms with Crippen molar-refractivity contribution in [3.8, 4) is 22.6 Å². The van der Waals surface area contributed by atoms with Gasteiger partial charge in [0.25, 0.3) is 0 Å². The van der Waals surface area contributed by atoms with E-state index in [0.29, 0.717) is 26.1 Å². The van der Waals surface area contributed by atoms with Gasteiger partial charge in [-0.1, -0.05) is 42.1 Å². The number of ether oxygens (including phenoxy) is 2. The van der Waals surface area contributed by atoms with Crippen LogP contribution in [-0.2, 0) is 17.8 Å². The van der Waals surface area contributed by atoms with Gasteiger partial charge in [0.15, 0.2) is 0 Å². The Bertz CT molecular complexity index is 1270. The summed E-state index contributed by atoms with van der Waals surface area (Å²) in [7, 11) is 0. The number of aliphatic hydroxyl groups is 1. The number of imide groups is 1. The molecule has 1 fully saturated rings. The molecule has 1 saturated heterocycles. The maximum absolute atomic E-state index is 11.8. The summed E-state index contributed by atoms with van der Waals surface area (Å²) in [5, 5.41) is 12.1. The summed E-state index contributed by atoms with van der Waals surface area (Å²) in [5.41, 5.74) is 7.86. The molecule has 2 amide bonds. The van der Waals surface area contributed by atoms with Crippen molar-refractivity contribution in [3.63, 3.8) is 0 Å². The third-order valence-electron chi connectivity index (χ3n) is 6.48. The molecule has 0 aliphatic carbocycles. The Hall–Kier alpha value is -2.29. The molecule has 0 spiro atoms. The SMILES string of the molecule is Cc1cc(OCC[C@@H](C)O)cc(C)c1-c1cccc(COc2ccc(CC3SC(=O)[N-]C3=O)cc2)c1C.[Na+]. The average Bonchev–Trinajstić information content (AvgIpc) is 3.16. The molecule has 0 radical (unpaired) electrons. The van der Waals surface area contributed by atoms with Gasteiger partial charge in [0.05, 0.1) is 23.9 Å². The standard InChI is InChI=1S/C30H33NO5S.Na/c1-18-14-25(35-13-12-20(3)32)15-19(2)28(18)26-7-5-6-23(21(26)4)17-36-24-10-8-22(9-11-24)16-27-29(33)31-30(34)37-27;/h5-11,14-15,20,27,32H,12-13,16-17H2,1-4H3,(H,31,33,34);/q;+1/p-1/t20-,27?;/m1./s1. The molecule has 1 heterocycles. The van der Waals surface area contributed by atoms with Gasteiger partial charge in [-0.15, -0.1) is 0 Å². The van der Waals surface area contributed by atoms with Crippen molar-refractivity contribution >= 4 is 22.9 Å². The third kappa shape index (κ3) is 7.64. The molecule has 1 aliphatic rings. The molecule has 4 rings (SSSR count). The van der Waals surface area contributed by atoms with E-state index in [-0.39, 0.29) is 41.6 Å². The second-order valence-corrected chi connectivity index (χ2v) is 10.6. The zero-order valence-corrected chi connectivity index (χ0v) is 25.4. The fourth-order valence-corrected chi connectivity index (χ4v) is 5.29. The molecule has 2 atom stereocenters. The Kier molecular flexibility index (Phi) is 10.9. The van der Waals surface area contributed by atoms with E-state index in [9.17, 15) is 14.7 Å². The number of carbonyl (C=O) groups is 2. The van der Waals surface area contributed by atoms with Gasteiger partial charge in [-0.2, -0.15) is 0 Å². The van der Waals surface area contributed by atoms with Crippen LogP contribution in [0.15, 0.2) is 54.6 Å². The fraction of sp³-hybridized carbons (Fsp3) is 0.333. The molecule has 1 aliphatic heterocycles. The number of rotatable bonds is 10. The zero-order chi connectivity index (χ0) is 26.5. The van der Waals surface area contributed by atoms with Crippen molar-refractivity contribution in [2.45, 2.75) is 58.5 Å². The molecule has 1 unspecified atom stereocenters. The van der Waals surface area contributed by atoms with Gasteiger partial charge in [-0.05, 0) is 97.3 Å². The molecule has 3 aromatic rings. The van der Waals surface area contributed by atoms with Crippen LogP contribution in [0, 0.1) is 20.8 Å². The van der Waals surface area contributed by atoms with E-state index in [0.717, 1.165) is 45.5 Å². The normalized spacial score (nSPS) is 15.6. The summed E-state index contributed by atoms with van der Waals surface area (Å²) in [6.45, 7) is 8.98. The Morgan fingerprint density at radius 2 is 1.66 bits per heavy atom. The van der Waals surface area contributed by atoms with Crippen molar-refractivity contribution in [2.75, 3.05) is 6.61 Å². The molecular weight excluding hydrogens is 509 g/mol. The van der Waals surface area contributed by atoms with Gasteiger partial charge in [-0.3, -0.25) is 0 Å². The van der Waals surface area contributed by atoms with Crippen molar-refractivity contribution in [3.05, 3.63) is 87.7 Å². The fourth-order valence-electron chi connectivity index (χ4n) is 4.48.